The van der Waals surface area contributed by atoms with Crippen molar-refractivity contribution in [1.82, 2.24) is 5.32 Å². The molecule has 1 atom stereocenters. The highest BCUT2D eigenvalue weighted by atomic mass is 16.5. The highest BCUT2D eigenvalue weighted by molar-refractivity contribution is 5.44. The number of benzene rings is 1. The molecule has 1 aromatic rings. The normalized spacial score (nSPS) is 19.6. The van der Waals surface area contributed by atoms with E-state index in [9.17, 15) is 0 Å². The van der Waals surface area contributed by atoms with Crippen molar-refractivity contribution in [2.24, 2.45) is 0 Å². The van der Waals surface area contributed by atoms with Crippen molar-refractivity contribution in [3.05, 3.63) is 34.4 Å². The van der Waals surface area contributed by atoms with Crippen molar-refractivity contribution in [3.8, 4) is 0 Å². The maximum atomic E-state index is 5.75. The largest absolute Gasteiger partial charge is 0.379 e. The molecule has 1 aromatic carbocycles. The number of rotatable bonds is 3. The highest BCUT2D eigenvalue weighted by Crippen LogP contribution is 2.33. The molecular weight excluding hydrogens is 234 g/mol. The van der Waals surface area contributed by atoms with Gasteiger partial charge in [0, 0.05) is 0 Å². The predicted molar refractivity (Wildman–Crippen MR) is 80.9 cm³/mol. The molecule has 0 aromatic heterocycles. The van der Waals surface area contributed by atoms with E-state index < -0.39 is 0 Å². The molecule has 0 aliphatic carbocycles. The van der Waals surface area contributed by atoms with Gasteiger partial charge in [-0.3, -0.25) is 0 Å². The number of likely N-dealkylation sites (N-methyl/N-ethyl adjacent to an activating group) is 1. The third-order valence-electron chi connectivity index (χ3n) is 4.13. The molecule has 1 unspecified atom stereocenters. The molecule has 1 heterocycles. The van der Waals surface area contributed by atoms with Gasteiger partial charge in [0.15, 0.2) is 0 Å². The van der Waals surface area contributed by atoms with Crippen LogP contribution >= 0.6 is 0 Å². The van der Waals surface area contributed by atoms with Crippen LogP contribution < -0.4 is 5.32 Å². The Kier molecular flexibility index (Phi) is 4.64. The van der Waals surface area contributed by atoms with E-state index in [1.807, 2.05) is 7.05 Å². The van der Waals surface area contributed by atoms with Crippen LogP contribution in [0.15, 0.2) is 12.1 Å². The number of fused-ring (bicyclic) bond motifs is 1. The second-order valence-corrected chi connectivity index (χ2v) is 6.15. The van der Waals surface area contributed by atoms with Crippen LogP contribution in [0.1, 0.15) is 67.8 Å². The molecule has 0 radical (unpaired) electrons. The number of ether oxygens (including phenoxy) is 1. The van der Waals surface area contributed by atoms with Crippen molar-refractivity contribution in [3.63, 3.8) is 0 Å². The van der Waals surface area contributed by atoms with Crippen LogP contribution in [0.25, 0.3) is 0 Å². The van der Waals surface area contributed by atoms with Crippen molar-refractivity contribution >= 4 is 0 Å². The number of hydrogen-bond acceptors (Lipinski definition) is 2. The molecule has 2 heteroatoms. The molecule has 19 heavy (non-hydrogen) atoms. The standard InChI is InChI=1S/C17H27NO/c1-11(2)13-8-15(12(3)4)14-6-7-19-10-17(18-5)16(14)9-13/h8-9,11-12,17-18H,6-7,10H2,1-5H3. The first-order chi connectivity index (χ1) is 9.04. The van der Waals surface area contributed by atoms with Crippen molar-refractivity contribution in [2.75, 3.05) is 20.3 Å². The maximum Gasteiger partial charge on any atom is 0.0661 e. The third kappa shape index (κ3) is 3.01. The highest BCUT2D eigenvalue weighted by Gasteiger charge is 2.22. The molecule has 2 rings (SSSR count). The van der Waals surface area contributed by atoms with E-state index in [-0.39, 0.29) is 0 Å². The SMILES string of the molecule is CNC1COCCc2c(C(C)C)cc(C(C)C)cc21. The van der Waals surface area contributed by atoms with Gasteiger partial charge in [0.25, 0.3) is 0 Å². The molecule has 1 aliphatic rings. The Balaban J connectivity index is 2.59. The molecule has 0 amide bonds. The second-order valence-electron chi connectivity index (χ2n) is 6.15. The molecule has 0 spiro atoms. The summed E-state index contributed by atoms with van der Waals surface area (Å²) in [5, 5.41) is 3.41. The van der Waals surface area contributed by atoms with Gasteiger partial charge in [0.1, 0.15) is 0 Å². The zero-order valence-electron chi connectivity index (χ0n) is 12.9. The average molecular weight is 261 g/mol. The van der Waals surface area contributed by atoms with Gasteiger partial charge in [0.05, 0.1) is 19.3 Å². The van der Waals surface area contributed by atoms with E-state index >= 15 is 0 Å². The molecule has 2 nitrogen and oxygen atoms in total. The predicted octanol–water partition coefficient (Wildman–Crippen LogP) is 3.77. The Hall–Kier alpha value is -0.860. The molecule has 0 bridgehead atoms. The van der Waals surface area contributed by atoms with E-state index in [1.165, 1.54) is 22.3 Å². The van der Waals surface area contributed by atoms with E-state index in [1.54, 1.807) is 0 Å². The fourth-order valence-corrected chi connectivity index (χ4v) is 2.89. The average Bonchev–Trinajstić information content (AvgIpc) is 2.58. The molecule has 0 fully saturated rings. The quantitative estimate of drug-likeness (QED) is 0.894. The molecule has 0 saturated heterocycles. The summed E-state index contributed by atoms with van der Waals surface area (Å²) in [6.07, 6.45) is 1.04. The minimum atomic E-state index is 0.327. The zero-order chi connectivity index (χ0) is 14.0. The lowest BCUT2D eigenvalue weighted by molar-refractivity contribution is 0.123. The van der Waals surface area contributed by atoms with Crippen LogP contribution in [-0.2, 0) is 11.2 Å². The van der Waals surface area contributed by atoms with E-state index in [4.69, 9.17) is 4.74 Å². The smallest absolute Gasteiger partial charge is 0.0661 e. The molecular formula is C17H27NO. The lowest BCUT2D eigenvalue weighted by atomic mass is 9.85. The summed E-state index contributed by atoms with van der Waals surface area (Å²) in [6, 6.07) is 5.13. The Morgan fingerprint density at radius 3 is 2.47 bits per heavy atom. The molecule has 1 N–H and O–H groups in total. The summed E-state index contributed by atoms with van der Waals surface area (Å²) in [5.74, 6) is 1.15. The van der Waals surface area contributed by atoms with Gasteiger partial charge < -0.3 is 10.1 Å². The van der Waals surface area contributed by atoms with Gasteiger partial charge in [-0.15, -0.1) is 0 Å². The Morgan fingerprint density at radius 1 is 1.16 bits per heavy atom. The van der Waals surface area contributed by atoms with Crippen LogP contribution in [0.4, 0.5) is 0 Å². The maximum absolute atomic E-state index is 5.75. The lowest BCUT2D eigenvalue weighted by Crippen LogP contribution is -2.21. The topological polar surface area (TPSA) is 21.3 Å². The fraction of sp³-hybridized carbons (Fsp3) is 0.647. The van der Waals surface area contributed by atoms with Gasteiger partial charge in [-0.1, -0.05) is 39.8 Å². The monoisotopic (exact) mass is 261 g/mol. The van der Waals surface area contributed by atoms with Crippen LogP contribution in [0.2, 0.25) is 0 Å². The van der Waals surface area contributed by atoms with Gasteiger partial charge in [-0.25, -0.2) is 0 Å². The third-order valence-corrected chi connectivity index (χ3v) is 4.13. The van der Waals surface area contributed by atoms with E-state index in [0.717, 1.165) is 19.6 Å². The fourth-order valence-electron chi connectivity index (χ4n) is 2.89. The van der Waals surface area contributed by atoms with Crippen LogP contribution in [0.3, 0.4) is 0 Å². The minimum absolute atomic E-state index is 0.327. The van der Waals surface area contributed by atoms with E-state index in [0.29, 0.717) is 17.9 Å². The summed E-state index contributed by atoms with van der Waals surface area (Å²) >= 11 is 0. The van der Waals surface area contributed by atoms with Crippen LogP contribution in [0, 0.1) is 0 Å². The van der Waals surface area contributed by atoms with E-state index in [2.05, 4.69) is 45.1 Å². The number of nitrogens with one attached hydrogen (secondary N) is 1. The second kappa shape index (κ2) is 6.06. The van der Waals surface area contributed by atoms with Crippen LogP contribution in [-0.4, -0.2) is 20.3 Å². The Morgan fingerprint density at radius 2 is 1.89 bits per heavy atom. The number of hydrogen-bond donors (Lipinski definition) is 1. The molecule has 0 saturated carbocycles. The summed E-state index contributed by atoms with van der Waals surface area (Å²) < 4.78 is 5.75. The summed E-state index contributed by atoms with van der Waals surface area (Å²) in [6.45, 7) is 10.7. The minimum Gasteiger partial charge on any atom is -0.379 e. The lowest BCUT2D eigenvalue weighted by Gasteiger charge is -2.23. The Bertz CT molecular complexity index is 437. The first kappa shape index (κ1) is 14.5. The molecule has 106 valence electrons. The summed E-state index contributed by atoms with van der Waals surface area (Å²) in [5.41, 5.74) is 5.92. The van der Waals surface area contributed by atoms with Gasteiger partial charge in [0.2, 0.25) is 0 Å². The summed E-state index contributed by atoms with van der Waals surface area (Å²) in [4.78, 5) is 0. The molecule has 1 aliphatic heterocycles. The van der Waals surface area contributed by atoms with Crippen LogP contribution in [0.5, 0.6) is 0 Å². The zero-order valence-corrected chi connectivity index (χ0v) is 12.9. The van der Waals surface area contributed by atoms with Gasteiger partial charge in [-0.2, -0.15) is 0 Å². The summed E-state index contributed by atoms with van der Waals surface area (Å²) in [7, 11) is 2.03. The van der Waals surface area contributed by atoms with Gasteiger partial charge >= 0.3 is 0 Å². The van der Waals surface area contributed by atoms with Crippen molar-refractivity contribution in [2.45, 2.75) is 52.0 Å². The van der Waals surface area contributed by atoms with Crippen molar-refractivity contribution < 1.29 is 4.74 Å². The van der Waals surface area contributed by atoms with Crippen molar-refractivity contribution in [1.29, 1.82) is 0 Å². The first-order valence-corrected chi connectivity index (χ1v) is 7.46. The Labute approximate surface area is 117 Å². The van der Waals surface area contributed by atoms with Gasteiger partial charge in [-0.05, 0) is 47.6 Å². The first-order valence-electron chi connectivity index (χ1n) is 7.46.